The molecule has 0 radical (unpaired) electrons. The Morgan fingerprint density at radius 3 is 2.38 bits per heavy atom. The van der Waals surface area contributed by atoms with Crippen LogP contribution in [0.3, 0.4) is 0 Å². The first-order valence-electron chi connectivity index (χ1n) is 6.72. The summed E-state index contributed by atoms with van der Waals surface area (Å²) >= 11 is 3.21. The van der Waals surface area contributed by atoms with Crippen LogP contribution < -0.4 is 10.5 Å². The van der Waals surface area contributed by atoms with Crippen molar-refractivity contribution in [3.05, 3.63) is 63.9 Å². The van der Waals surface area contributed by atoms with Crippen LogP contribution in [-0.2, 0) is 5.41 Å². The average Bonchev–Trinajstić information content (AvgIpc) is 2.49. The predicted octanol–water partition coefficient (Wildman–Crippen LogP) is 4.57. The third-order valence-corrected chi connectivity index (χ3v) is 4.51. The molecular weight excluding hydrogens is 333 g/mol. The third kappa shape index (κ3) is 3.11. The van der Waals surface area contributed by atoms with E-state index in [1.807, 2.05) is 30.3 Å². The van der Waals surface area contributed by atoms with Crippen LogP contribution in [0.4, 0.5) is 4.39 Å². The van der Waals surface area contributed by atoms with E-state index in [1.54, 1.807) is 6.07 Å². The fraction of sp³-hybridized carbons (Fsp3) is 0.294. The van der Waals surface area contributed by atoms with Gasteiger partial charge in [0.25, 0.3) is 0 Å². The molecule has 2 rings (SSSR count). The molecule has 0 aliphatic rings. The van der Waals surface area contributed by atoms with E-state index in [9.17, 15) is 4.39 Å². The summed E-state index contributed by atoms with van der Waals surface area (Å²) in [6.45, 7) is 4.15. The number of hydrogen-bond donors (Lipinski definition) is 1. The van der Waals surface area contributed by atoms with Crippen LogP contribution in [0, 0.1) is 5.82 Å². The summed E-state index contributed by atoms with van der Waals surface area (Å²) in [5.74, 6) is 0.104. The molecule has 0 aliphatic carbocycles. The normalized spacial score (nSPS) is 13.0. The number of hydrogen-bond acceptors (Lipinski definition) is 2. The van der Waals surface area contributed by atoms with Crippen LogP contribution >= 0.6 is 15.9 Å². The first-order chi connectivity index (χ1) is 9.87. The highest BCUT2D eigenvalue weighted by atomic mass is 79.9. The molecule has 2 nitrogen and oxygen atoms in total. The first kappa shape index (κ1) is 16.0. The Bertz CT molecular complexity index is 628. The van der Waals surface area contributed by atoms with Gasteiger partial charge >= 0.3 is 0 Å². The average molecular weight is 352 g/mol. The maximum absolute atomic E-state index is 13.7. The molecule has 2 aromatic rings. The molecule has 1 unspecified atom stereocenters. The van der Waals surface area contributed by atoms with Crippen molar-refractivity contribution >= 4 is 15.9 Å². The smallest absolute Gasteiger partial charge is 0.141 e. The Hall–Kier alpha value is -1.39. The van der Waals surface area contributed by atoms with Gasteiger partial charge in [-0.2, -0.15) is 0 Å². The number of halogens is 2. The van der Waals surface area contributed by atoms with Gasteiger partial charge in [-0.05, 0) is 27.6 Å². The van der Waals surface area contributed by atoms with Crippen LogP contribution in [0.15, 0.2) is 46.9 Å². The van der Waals surface area contributed by atoms with Gasteiger partial charge in [0.15, 0.2) is 0 Å². The largest absolute Gasteiger partial charge is 0.496 e. The molecule has 0 aliphatic heterocycles. The lowest BCUT2D eigenvalue weighted by Crippen LogP contribution is -2.33. The third-order valence-electron chi connectivity index (χ3n) is 3.90. The molecule has 0 saturated carbocycles. The summed E-state index contributed by atoms with van der Waals surface area (Å²) in [4.78, 5) is 0. The van der Waals surface area contributed by atoms with Crippen LogP contribution in [0.25, 0.3) is 0 Å². The molecule has 2 aromatic carbocycles. The summed E-state index contributed by atoms with van der Waals surface area (Å²) in [5.41, 5.74) is 8.07. The number of rotatable bonds is 4. The minimum Gasteiger partial charge on any atom is -0.496 e. The maximum Gasteiger partial charge on any atom is 0.141 e. The van der Waals surface area contributed by atoms with Gasteiger partial charge in [0.05, 0.1) is 11.6 Å². The molecule has 4 heteroatoms. The van der Waals surface area contributed by atoms with Gasteiger partial charge in [-0.3, -0.25) is 0 Å². The van der Waals surface area contributed by atoms with E-state index in [-0.39, 0.29) is 17.3 Å². The van der Waals surface area contributed by atoms with Crippen LogP contribution in [-0.4, -0.2) is 7.11 Å². The Balaban J connectivity index is 2.49. The van der Waals surface area contributed by atoms with E-state index in [0.717, 1.165) is 11.1 Å². The zero-order valence-corrected chi connectivity index (χ0v) is 13.9. The number of nitrogens with two attached hydrogens (primary N) is 1. The SMILES string of the molecule is COc1cc(F)c(Br)cc1C(N)C(C)(C)c1ccccc1. The molecule has 0 amide bonds. The van der Waals surface area contributed by atoms with Crippen molar-refractivity contribution in [1.82, 2.24) is 0 Å². The summed E-state index contributed by atoms with van der Waals surface area (Å²) in [5, 5.41) is 0. The second-order valence-corrected chi connectivity index (χ2v) is 6.43. The number of methoxy groups -OCH3 is 1. The van der Waals surface area contributed by atoms with Gasteiger partial charge in [0, 0.05) is 23.1 Å². The molecule has 0 fully saturated rings. The van der Waals surface area contributed by atoms with E-state index >= 15 is 0 Å². The molecule has 0 heterocycles. The molecule has 0 spiro atoms. The molecule has 1 atom stereocenters. The Morgan fingerprint density at radius 1 is 1.19 bits per heavy atom. The summed E-state index contributed by atoms with van der Waals surface area (Å²) in [6, 6.07) is 12.8. The van der Waals surface area contributed by atoms with E-state index < -0.39 is 0 Å². The van der Waals surface area contributed by atoms with E-state index in [2.05, 4.69) is 29.8 Å². The molecule has 21 heavy (non-hydrogen) atoms. The Labute approximate surface area is 133 Å². The number of ether oxygens (including phenoxy) is 1. The minimum atomic E-state index is -0.361. The highest BCUT2D eigenvalue weighted by Gasteiger charge is 2.32. The van der Waals surface area contributed by atoms with Gasteiger partial charge in [-0.1, -0.05) is 44.2 Å². The first-order valence-corrected chi connectivity index (χ1v) is 7.51. The lowest BCUT2D eigenvalue weighted by Gasteiger charge is -2.33. The van der Waals surface area contributed by atoms with Crippen LogP contribution in [0.1, 0.15) is 31.0 Å². The van der Waals surface area contributed by atoms with Crippen LogP contribution in [0.5, 0.6) is 5.75 Å². The molecule has 0 saturated heterocycles. The zero-order valence-electron chi connectivity index (χ0n) is 12.4. The van der Waals surface area contributed by atoms with Crippen molar-refractivity contribution in [3.8, 4) is 5.75 Å². The molecule has 112 valence electrons. The van der Waals surface area contributed by atoms with E-state index in [0.29, 0.717) is 10.2 Å². The Morgan fingerprint density at radius 2 is 1.81 bits per heavy atom. The maximum atomic E-state index is 13.7. The van der Waals surface area contributed by atoms with Crippen molar-refractivity contribution < 1.29 is 9.13 Å². The number of benzene rings is 2. The molecule has 2 N–H and O–H groups in total. The highest BCUT2D eigenvalue weighted by molar-refractivity contribution is 9.10. The second kappa shape index (κ2) is 6.16. The Kier molecular flexibility index (Phi) is 4.69. The second-order valence-electron chi connectivity index (χ2n) is 5.57. The summed E-state index contributed by atoms with van der Waals surface area (Å²) < 4.78 is 19.3. The monoisotopic (exact) mass is 351 g/mol. The van der Waals surface area contributed by atoms with Gasteiger partial charge in [0.1, 0.15) is 11.6 Å². The lowest BCUT2D eigenvalue weighted by atomic mass is 9.75. The lowest BCUT2D eigenvalue weighted by molar-refractivity contribution is 0.373. The fourth-order valence-corrected chi connectivity index (χ4v) is 2.76. The van der Waals surface area contributed by atoms with Gasteiger partial charge in [-0.25, -0.2) is 4.39 Å². The van der Waals surface area contributed by atoms with Crippen molar-refractivity contribution in [2.45, 2.75) is 25.3 Å². The summed E-state index contributed by atoms with van der Waals surface area (Å²) in [6.07, 6.45) is 0. The van der Waals surface area contributed by atoms with Gasteiger partial charge in [0.2, 0.25) is 0 Å². The summed E-state index contributed by atoms with van der Waals surface area (Å²) in [7, 11) is 1.52. The van der Waals surface area contributed by atoms with E-state index in [1.165, 1.54) is 13.2 Å². The fourth-order valence-electron chi connectivity index (χ4n) is 2.40. The van der Waals surface area contributed by atoms with Crippen molar-refractivity contribution in [1.29, 1.82) is 0 Å². The van der Waals surface area contributed by atoms with Gasteiger partial charge in [-0.15, -0.1) is 0 Å². The molecule has 0 aromatic heterocycles. The molecule has 0 bridgehead atoms. The zero-order chi connectivity index (χ0) is 15.6. The topological polar surface area (TPSA) is 35.2 Å². The van der Waals surface area contributed by atoms with Crippen LogP contribution in [0.2, 0.25) is 0 Å². The highest BCUT2D eigenvalue weighted by Crippen LogP contribution is 2.40. The molecular formula is C17H19BrFNO. The van der Waals surface area contributed by atoms with Crippen molar-refractivity contribution in [2.24, 2.45) is 5.73 Å². The van der Waals surface area contributed by atoms with Crippen molar-refractivity contribution in [3.63, 3.8) is 0 Å². The van der Waals surface area contributed by atoms with E-state index in [4.69, 9.17) is 10.5 Å². The minimum absolute atomic E-state index is 0.314. The van der Waals surface area contributed by atoms with Gasteiger partial charge < -0.3 is 10.5 Å². The standard InChI is InChI=1S/C17H19BrFNO/c1-17(2,11-7-5-4-6-8-11)16(20)12-9-13(18)14(19)10-15(12)21-3/h4-10,16H,20H2,1-3H3. The van der Waals surface area contributed by atoms with Crippen molar-refractivity contribution in [2.75, 3.05) is 7.11 Å². The quantitative estimate of drug-likeness (QED) is 0.875. The predicted molar refractivity (Wildman–Crippen MR) is 87.0 cm³/mol.